The largest absolute Gasteiger partial charge is 1.00 e. The predicted molar refractivity (Wildman–Crippen MR) is 106 cm³/mol. The third-order valence-corrected chi connectivity index (χ3v) is 6.15. The summed E-state index contributed by atoms with van der Waals surface area (Å²) in [5, 5.41) is 31.3. The van der Waals surface area contributed by atoms with Crippen molar-refractivity contribution in [2.75, 3.05) is 0 Å². The number of hydrogen-bond donors (Lipinski definition) is 2. The van der Waals surface area contributed by atoms with Crippen molar-refractivity contribution < 1.29 is 95.3 Å². The zero-order valence-electron chi connectivity index (χ0n) is 16.0. The van der Waals surface area contributed by atoms with E-state index in [0.29, 0.717) is 12.1 Å². The summed E-state index contributed by atoms with van der Waals surface area (Å²) < 4.78 is 65.5. The van der Waals surface area contributed by atoms with Gasteiger partial charge in [0.05, 0.1) is 16.3 Å². The van der Waals surface area contributed by atoms with Gasteiger partial charge in [0.15, 0.2) is 0 Å². The number of hydrogen-bond acceptors (Lipinski definition) is 8. The molecule has 31 heavy (non-hydrogen) atoms. The van der Waals surface area contributed by atoms with E-state index in [1.165, 1.54) is 0 Å². The van der Waals surface area contributed by atoms with Gasteiger partial charge in [0.2, 0.25) is 0 Å². The molecule has 0 fully saturated rings. The smallest absolute Gasteiger partial charge is 0.872 e. The summed E-state index contributed by atoms with van der Waals surface area (Å²) in [5.74, 6) is -2.25. The van der Waals surface area contributed by atoms with Crippen LogP contribution < -0.4 is 69.3 Å². The van der Waals surface area contributed by atoms with Crippen LogP contribution in [0.3, 0.4) is 0 Å². The summed E-state index contributed by atoms with van der Waals surface area (Å²) in [6.07, 6.45) is 0. The van der Waals surface area contributed by atoms with Gasteiger partial charge >= 0.3 is 59.1 Å². The van der Waals surface area contributed by atoms with Crippen LogP contribution in [0.2, 0.25) is 0 Å². The first-order chi connectivity index (χ1) is 13.4. The molecule has 10 nitrogen and oxygen atoms in total. The standard InChI is InChI=1S/C16H11IN2O8S2.2Na/c17-9-1-3-10(4-2-9)18-19-15-13(29(25,26)27)6-8-5-11(28(22,23)24)7-12(20)14(8)16(15)21;;/h1-7,20-21H,(H,22,23,24)(H,25,26,27);;/q;2*+1/p-2. The van der Waals surface area contributed by atoms with E-state index in [1.807, 2.05) is 22.6 Å². The Balaban J connectivity index is 0.00000240. The van der Waals surface area contributed by atoms with Crippen LogP contribution in [-0.2, 0) is 20.2 Å². The third-order valence-electron chi connectivity index (χ3n) is 3.74. The predicted octanol–water partition coefficient (Wildman–Crippen LogP) is -3.49. The molecule has 15 heteroatoms. The molecule has 2 N–H and O–H groups in total. The van der Waals surface area contributed by atoms with Gasteiger partial charge in [-0.05, 0) is 75.8 Å². The van der Waals surface area contributed by atoms with Crippen LogP contribution in [0.1, 0.15) is 0 Å². The molecule has 0 unspecified atom stereocenters. The van der Waals surface area contributed by atoms with Gasteiger partial charge in [-0.2, -0.15) is 21.9 Å². The van der Waals surface area contributed by atoms with E-state index in [9.17, 15) is 31.6 Å². The minimum absolute atomic E-state index is 0. The molecular formula is C16H9IN2Na2O8S2. The molecular weight excluding hydrogens is 585 g/mol. The summed E-state index contributed by atoms with van der Waals surface area (Å²) in [4.78, 5) is -1.79. The van der Waals surface area contributed by atoms with Gasteiger partial charge in [0.1, 0.15) is 4.90 Å². The topological polar surface area (TPSA) is 180 Å². The molecule has 0 atom stereocenters. The fourth-order valence-electron chi connectivity index (χ4n) is 2.46. The van der Waals surface area contributed by atoms with E-state index in [4.69, 9.17) is 4.55 Å². The van der Waals surface area contributed by atoms with Crippen molar-refractivity contribution in [2.45, 2.75) is 9.79 Å². The number of benzene rings is 3. The number of fused-ring (bicyclic) bond motifs is 1. The molecule has 0 radical (unpaired) electrons. The molecule has 0 aliphatic rings. The first-order valence-corrected chi connectivity index (χ1v) is 11.4. The Hall–Kier alpha value is -0.330. The summed E-state index contributed by atoms with van der Waals surface area (Å²) in [6.45, 7) is 0. The van der Waals surface area contributed by atoms with E-state index in [2.05, 4.69) is 10.2 Å². The van der Waals surface area contributed by atoms with Crippen molar-refractivity contribution in [1.82, 2.24) is 0 Å². The maximum Gasteiger partial charge on any atom is 1.00 e. The number of rotatable bonds is 4. The molecule has 3 rings (SSSR count). The van der Waals surface area contributed by atoms with Crippen molar-refractivity contribution in [2.24, 2.45) is 10.2 Å². The second-order valence-corrected chi connectivity index (χ2v) is 9.76. The van der Waals surface area contributed by atoms with Crippen LogP contribution in [0, 0.1) is 3.57 Å². The Morgan fingerprint density at radius 2 is 1.42 bits per heavy atom. The zero-order chi connectivity index (χ0) is 21.6. The van der Waals surface area contributed by atoms with E-state index < -0.39 is 58.0 Å². The van der Waals surface area contributed by atoms with Gasteiger partial charge in [-0.15, -0.1) is 10.9 Å². The summed E-state index contributed by atoms with van der Waals surface area (Å²) in [6, 6.07) is 8.43. The number of halogens is 1. The monoisotopic (exact) mass is 594 g/mol. The molecule has 0 spiro atoms. The van der Waals surface area contributed by atoms with Gasteiger partial charge in [-0.1, -0.05) is 5.75 Å². The Labute approximate surface area is 235 Å². The van der Waals surface area contributed by atoms with Crippen LogP contribution >= 0.6 is 22.6 Å². The minimum Gasteiger partial charge on any atom is -0.872 e. The van der Waals surface area contributed by atoms with E-state index in [1.54, 1.807) is 24.3 Å². The third kappa shape index (κ3) is 6.60. The van der Waals surface area contributed by atoms with Gasteiger partial charge in [-0.3, -0.25) is 9.11 Å². The van der Waals surface area contributed by atoms with Crippen molar-refractivity contribution >= 4 is 65.0 Å². The van der Waals surface area contributed by atoms with E-state index in [0.717, 1.165) is 9.64 Å². The minimum atomic E-state index is -4.99. The normalized spacial score (nSPS) is 11.8. The van der Waals surface area contributed by atoms with Crippen molar-refractivity contribution in [3.05, 3.63) is 46.0 Å². The molecule has 0 aliphatic carbocycles. The SMILES string of the molecule is O=S(=O)(O)c1cc([O-])c2c([O-])c(N=Nc3ccc(I)cc3)c(S(=O)(=O)O)cc2c1.[Na+].[Na+]. The van der Waals surface area contributed by atoms with Crippen molar-refractivity contribution in [1.29, 1.82) is 0 Å². The van der Waals surface area contributed by atoms with Gasteiger partial charge in [0, 0.05) is 3.57 Å². The van der Waals surface area contributed by atoms with E-state index in [-0.39, 0.29) is 64.8 Å². The maximum absolute atomic E-state index is 12.7. The number of azo groups is 1. The second kappa shape index (κ2) is 10.7. The summed E-state index contributed by atoms with van der Waals surface area (Å²) in [7, 11) is -9.78. The fraction of sp³-hybridized carbons (Fsp3) is 0. The zero-order valence-corrected chi connectivity index (χ0v) is 23.8. The molecule has 0 amide bonds. The van der Waals surface area contributed by atoms with Gasteiger partial charge < -0.3 is 10.2 Å². The molecule has 152 valence electrons. The second-order valence-electron chi connectivity index (χ2n) is 5.70. The molecule has 0 aromatic heterocycles. The van der Waals surface area contributed by atoms with Crippen LogP contribution in [-0.4, -0.2) is 25.9 Å². The summed E-state index contributed by atoms with van der Waals surface area (Å²) in [5.41, 5.74) is -0.537. The molecule has 0 bridgehead atoms. The molecule has 0 saturated carbocycles. The molecule has 3 aromatic carbocycles. The van der Waals surface area contributed by atoms with Crippen molar-refractivity contribution in [3.63, 3.8) is 0 Å². The molecule has 0 heterocycles. The molecule has 3 aromatic rings. The molecule has 0 aliphatic heterocycles. The van der Waals surface area contributed by atoms with E-state index >= 15 is 0 Å². The van der Waals surface area contributed by atoms with Crippen LogP contribution in [0.4, 0.5) is 11.4 Å². The first kappa shape index (κ1) is 28.7. The average molecular weight is 594 g/mol. The quantitative estimate of drug-likeness (QED) is 0.135. The van der Waals surface area contributed by atoms with Crippen molar-refractivity contribution in [3.8, 4) is 11.5 Å². The Morgan fingerprint density at radius 1 is 0.839 bits per heavy atom. The fourth-order valence-corrected chi connectivity index (χ4v) is 4.01. The molecule has 0 saturated heterocycles. The maximum atomic E-state index is 12.7. The summed E-state index contributed by atoms with van der Waals surface area (Å²) >= 11 is 2.05. The Bertz CT molecular complexity index is 1380. The van der Waals surface area contributed by atoms with Crippen LogP contribution in [0.5, 0.6) is 11.5 Å². The first-order valence-electron chi connectivity index (χ1n) is 7.49. The average Bonchev–Trinajstić information content (AvgIpc) is 2.60. The van der Waals surface area contributed by atoms with Gasteiger partial charge in [0.25, 0.3) is 20.2 Å². The van der Waals surface area contributed by atoms with Crippen LogP contribution in [0.25, 0.3) is 10.8 Å². The van der Waals surface area contributed by atoms with Crippen LogP contribution in [0.15, 0.2) is 62.5 Å². The Kier molecular flexibility index (Phi) is 9.94. The number of nitrogens with zero attached hydrogens (tertiary/aromatic N) is 2. The van der Waals surface area contributed by atoms with Gasteiger partial charge in [-0.25, -0.2) is 0 Å². The Morgan fingerprint density at radius 3 is 1.94 bits per heavy atom.